The van der Waals surface area contributed by atoms with Gasteiger partial charge < -0.3 is 0 Å². The number of fused-ring (bicyclic) bond motifs is 13. The van der Waals surface area contributed by atoms with Gasteiger partial charge in [0.15, 0.2) is 0 Å². The molecule has 0 atom stereocenters. The monoisotopic (exact) mass is 497 g/mol. The van der Waals surface area contributed by atoms with Gasteiger partial charge in [-0.05, 0) is 75.1 Å². The van der Waals surface area contributed by atoms with Crippen molar-refractivity contribution in [1.82, 2.24) is 23.2 Å². The van der Waals surface area contributed by atoms with Crippen LogP contribution in [0.2, 0.25) is 0 Å². The summed E-state index contributed by atoms with van der Waals surface area (Å²) in [5.41, 5.74) is 9.97. The summed E-state index contributed by atoms with van der Waals surface area (Å²) in [6.07, 6.45) is 0. The first-order valence-electron chi connectivity index (χ1n) is 13.2. The molecule has 0 saturated heterocycles. The minimum absolute atomic E-state index is 0.892. The Morgan fingerprint density at radius 1 is 0.410 bits per heavy atom. The van der Waals surface area contributed by atoms with E-state index < -0.39 is 0 Å². The van der Waals surface area contributed by atoms with Crippen molar-refractivity contribution in [3.05, 3.63) is 115 Å². The van der Waals surface area contributed by atoms with Crippen LogP contribution in [0.4, 0.5) is 0 Å². The summed E-state index contributed by atoms with van der Waals surface area (Å²) in [6.45, 7) is 0. The third-order valence-electron chi connectivity index (χ3n) is 8.34. The highest BCUT2D eigenvalue weighted by Crippen LogP contribution is 2.38. The smallest absolute Gasteiger partial charge is 0.223 e. The minimum Gasteiger partial charge on any atom is -0.276 e. The number of rotatable bonds is 1. The van der Waals surface area contributed by atoms with Gasteiger partial charge in [0.1, 0.15) is 5.52 Å². The highest BCUT2D eigenvalue weighted by Gasteiger charge is 2.24. The molecule has 0 aliphatic heterocycles. The molecular formula is C34H19N5. The Kier molecular flexibility index (Phi) is 3.38. The molecule has 10 aromatic rings. The van der Waals surface area contributed by atoms with Crippen LogP contribution in [0.15, 0.2) is 115 Å². The zero-order chi connectivity index (χ0) is 25.2. The van der Waals surface area contributed by atoms with E-state index in [-0.39, 0.29) is 0 Å². The van der Waals surface area contributed by atoms with Crippen molar-refractivity contribution in [3.63, 3.8) is 0 Å². The molecule has 4 heterocycles. The lowest BCUT2D eigenvalue weighted by molar-refractivity contribution is 1.15. The van der Waals surface area contributed by atoms with Crippen molar-refractivity contribution in [1.29, 1.82) is 0 Å². The van der Waals surface area contributed by atoms with Crippen molar-refractivity contribution in [2.45, 2.75) is 0 Å². The van der Waals surface area contributed by atoms with Crippen LogP contribution in [-0.4, -0.2) is 23.2 Å². The lowest BCUT2D eigenvalue weighted by atomic mass is 9.97. The summed E-state index contributed by atoms with van der Waals surface area (Å²) < 4.78 is 6.80. The number of para-hydroxylation sites is 4. The lowest BCUT2D eigenvalue weighted by Crippen LogP contribution is -1.88. The van der Waals surface area contributed by atoms with Gasteiger partial charge in [-0.2, -0.15) is 0 Å². The Hall–Kier alpha value is -5.42. The van der Waals surface area contributed by atoms with Crippen LogP contribution in [0.1, 0.15) is 0 Å². The molecule has 180 valence electrons. The maximum Gasteiger partial charge on any atom is 0.223 e. The van der Waals surface area contributed by atoms with Crippen molar-refractivity contribution in [3.8, 4) is 11.1 Å². The predicted molar refractivity (Wildman–Crippen MR) is 159 cm³/mol. The largest absolute Gasteiger partial charge is 0.276 e. The summed E-state index contributed by atoms with van der Waals surface area (Å²) in [5, 5.41) is 5.07. The van der Waals surface area contributed by atoms with E-state index in [0.717, 1.165) is 50.2 Å². The van der Waals surface area contributed by atoms with Gasteiger partial charge in [0.05, 0.1) is 33.1 Å². The summed E-state index contributed by atoms with van der Waals surface area (Å²) in [6, 6.07) is 41.2. The first kappa shape index (κ1) is 19.7. The van der Waals surface area contributed by atoms with Crippen molar-refractivity contribution >= 4 is 71.7 Å². The average molecular weight is 498 g/mol. The number of aromatic nitrogens is 5. The van der Waals surface area contributed by atoms with Gasteiger partial charge in [-0.3, -0.25) is 8.80 Å². The Morgan fingerprint density at radius 2 is 1.00 bits per heavy atom. The maximum absolute atomic E-state index is 5.07. The molecule has 0 N–H and O–H groups in total. The Balaban J connectivity index is 1.38. The second kappa shape index (κ2) is 6.71. The van der Waals surface area contributed by atoms with Crippen molar-refractivity contribution < 1.29 is 0 Å². The van der Waals surface area contributed by atoms with E-state index in [1.807, 2.05) is 12.1 Å². The molecule has 0 bridgehead atoms. The standard InChI is InChI=1S/C34H19N5/c1-2-8-24-20(7-1)13-14-22-17-21(15-16-25(22)24)23-18-30-32-31(19-23)38-29-12-6-4-10-27(29)36-34(38)39(32)33-35-26-9-3-5-11-28(26)37(30)33/h1-19H. The Bertz CT molecular complexity index is 2500. The van der Waals surface area contributed by atoms with Crippen LogP contribution >= 0.6 is 0 Å². The molecule has 5 nitrogen and oxygen atoms in total. The number of imidazole rings is 4. The van der Waals surface area contributed by atoms with Gasteiger partial charge in [0.25, 0.3) is 0 Å². The van der Waals surface area contributed by atoms with E-state index in [9.17, 15) is 0 Å². The number of benzene rings is 6. The molecule has 0 aliphatic rings. The molecule has 4 aromatic heterocycles. The van der Waals surface area contributed by atoms with Crippen LogP contribution in [0.5, 0.6) is 0 Å². The lowest BCUT2D eigenvalue weighted by Gasteiger charge is -2.08. The quantitative estimate of drug-likeness (QED) is 0.215. The molecule has 0 fully saturated rings. The zero-order valence-corrected chi connectivity index (χ0v) is 20.7. The number of nitrogens with zero attached hydrogens (tertiary/aromatic N) is 5. The van der Waals surface area contributed by atoms with Crippen LogP contribution in [-0.2, 0) is 0 Å². The molecule has 0 aliphatic carbocycles. The first-order chi connectivity index (χ1) is 19.3. The summed E-state index contributed by atoms with van der Waals surface area (Å²) >= 11 is 0. The summed E-state index contributed by atoms with van der Waals surface area (Å²) in [7, 11) is 0. The van der Waals surface area contributed by atoms with Gasteiger partial charge in [0, 0.05) is 0 Å². The molecule has 0 amide bonds. The van der Waals surface area contributed by atoms with E-state index in [2.05, 4.69) is 116 Å². The minimum atomic E-state index is 0.892. The molecular weight excluding hydrogens is 478 g/mol. The molecule has 39 heavy (non-hydrogen) atoms. The predicted octanol–water partition coefficient (Wildman–Crippen LogP) is 8.11. The third kappa shape index (κ3) is 2.36. The molecule has 0 radical (unpaired) electrons. The van der Waals surface area contributed by atoms with Gasteiger partial charge in [-0.25, -0.2) is 14.4 Å². The van der Waals surface area contributed by atoms with Crippen molar-refractivity contribution in [2.24, 2.45) is 0 Å². The van der Waals surface area contributed by atoms with Crippen LogP contribution in [0.3, 0.4) is 0 Å². The maximum atomic E-state index is 5.07. The highest BCUT2D eigenvalue weighted by atomic mass is 15.3. The second-order valence-electron chi connectivity index (χ2n) is 10.4. The SMILES string of the molecule is c1ccc2c(c1)ccc1cc(-c3cc4c5c(c3)n3c6ccccc6nc3n5c3nc5ccccc5n43)ccc12. The van der Waals surface area contributed by atoms with Crippen molar-refractivity contribution in [2.75, 3.05) is 0 Å². The van der Waals surface area contributed by atoms with Crippen LogP contribution in [0, 0.1) is 0 Å². The Labute approximate surface area is 221 Å². The summed E-state index contributed by atoms with van der Waals surface area (Å²) in [4.78, 5) is 10.1. The average Bonchev–Trinajstić information content (AvgIpc) is 3.71. The number of hydrogen-bond acceptors (Lipinski definition) is 2. The molecule has 0 saturated carbocycles. The zero-order valence-electron chi connectivity index (χ0n) is 20.7. The molecule has 0 spiro atoms. The fourth-order valence-corrected chi connectivity index (χ4v) is 6.62. The summed E-state index contributed by atoms with van der Waals surface area (Å²) in [5.74, 6) is 1.78. The van der Waals surface area contributed by atoms with E-state index >= 15 is 0 Å². The Morgan fingerprint density at radius 3 is 1.72 bits per heavy atom. The molecule has 6 aromatic carbocycles. The normalized spacial score (nSPS) is 12.6. The fourth-order valence-electron chi connectivity index (χ4n) is 6.62. The van der Waals surface area contributed by atoms with Gasteiger partial charge in [-0.1, -0.05) is 72.8 Å². The third-order valence-corrected chi connectivity index (χ3v) is 8.34. The van der Waals surface area contributed by atoms with E-state index in [4.69, 9.17) is 9.97 Å². The highest BCUT2D eigenvalue weighted by molar-refractivity contribution is 6.10. The fraction of sp³-hybridized carbons (Fsp3) is 0. The molecule has 5 heteroatoms. The van der Waals surface area contributed by atoms with E-state index in [1.165, 1.54) is 32.7 Å². The van der Waals surface area contributed by atoms with Crippen LogP contribution < -0.4 is 0 Å². The van der Waals surface area contributed by atoms with Crippen LogP contribution in [0.25, 0.3) is 82.8 Å². The topological polar surface area (TPSA) is 39.0 Å². The van der Waals surface area contributed by atoms with E-state index in [0.29, 0.717) is 0 Å². The van der Waals surface area contributed by atoms with E-state index in [1.54, 1.807) is 0 Å². The first-order valence-corrected chi connectivity index (χ1v) is 13.2. The number of hydrogen-bond donors (Lipinski definition) is 0. The van der Waals surface area contributed by atoms with Gasteiger partial charge >= 0.3 is 0 Å². The van der Waals surface area contributed by atoms with Gasteiger partial charge in [-0.15, -0.1) is 0 Å². The molecule has 10 rings (SSSR count). The second-order valence-corrected chi connectivity index (χ2v) is 10.4. The van der Waals surface area contributed by atoms with Gasteiger partial charge in [0.2, 0.25) is 11.6 Å². The molecule has 0 unspecified atom stereocenters.